The SMILES string of the molecule is CN1CCN(c2cncc(-c3cn(-c4cc(NC(=O)c5cncc(C(F)(F)F)c5)ccc4F)nn3)c2)CC1. The summed E-state index contributed by atoms with van der Waals surface area (Å²) >= 11 is 0. The van der Waals surface area contributed by atoms with Crippen molar-refractivity contribution in [2.75, 3.05) is 43.4 Å². The van der Waals surface area contributed by atoms with Crippen LogP contribution in [0.5, 0.6) is 0 Å². The number of alkyl halides is 3. The molecule has 0 bridgehead atoms. The Hall–Kier alpha value is -4.39. The van der Waals surface area contributed by atoms with E-state index in [0.717, 1.165) is 44.1 Å². The monoisotopic (exact) mass is 526 g/mol. The Morgan fingerprint density at radius 2 is 1.74 bits per heavy atom. The number of rotatable bonds is 5. The maximum absolute atomic E-state index is 14.7. The zero-order valence-corrected chi connectivity index (χ0v) is 20.2. The van der Waals surface area contributed by atoms with Crippen LogP contribution in [-0.2, 0) is 6.18 Å². The van der Waals surface area contributed by atoms with Crippen LogP contribution in [-0.4, -0.2) is 69.0 Å². The van der Waals surface area contributed by atoms with E-state index < -0.39 is 23.5 Å². The van der Waals surface area contributed by atoms with Crippen molar-refractivity contribution < 1.29 is 22.4 Å². The standard InChI is InChI=1S/C25H22F4N8O/c1-35-4-6-36(7-5-35)20-9-16(11-31-14-20)22-15-37(34-33-22)23-10-19(2-3-21(23)26)32-24(38)17-8-18(13-30-12-17)25(27,28)29/h2-3,8-15H,4-7H2,1H3,(H,32,38). The van der Waals surface area contributed by atoms with Crippen molar-refractivity contribution in [3.8, 4) is 16.9 Å². The van der Waals surface area contributed by atoms with Crippen molar-refractivity contribution in [3.63, 3.8) is 0 Å². The molecule has 1 fully saturated rings. The minimum atomic E-state index is -4.64. The highest BCUT2D eigenvalue weighted by atomic mass is 19.4. The van der Waals surface area contributed by atoms with Crippen molar-refractivity contribution >= 4 is 17.3 Å². The number of pyridine rings is 2. The third kappa shape index (κ3) is 5.47. The van der Waals surface area contributed by atoms with Crippen LogP contribution >= 0.6 is 0 Å². The fraction of sp³-hybridized carbons (Fsp3) is 0.240. The van der Waals surface area contributed by atoms with E-state index in [1.807, 2.05) is 6.07 Å². The van der Waals surface area contributed by atoms with Gasteiger partial charge in [-0.1, -0.05) is 5.21 Å². The van der Waals surface area contributed by atoms with Crippen LogP contribution in [0.2, 0.25) is 0 Å². The van der Waals surface area contributed by atoms with Crippen LogP contribution in [0.15, 0.2) is 61.3 Å². The smallest absolute Gasteiger partial charge is 0.368 e. The van der Waals surface area contributed by atoms with Gasteiger partial charge in [-0.15, -0.1) is 5.10 Å². The summed E-state index contributed by atoms with van der Waals surface area (Å²) in [5.41, 5.74) is 0.927. The van der Waals surface area contributed by atoms with Gasteiger partial charge >= 0.3 is 6.18 Å². The first-order chi connectivity index (χ1) is 18.2. The van der Waals surface area contributed by atoms with E-state index in [1.165, 1.54) is 23.0 Å². The van der Waals surface area contributed by atoms with Crippen LogP contribution in [0.4, 0.5) is 28.9 Å². The highest BCUT2D eigenvalue weighted by Crippen LogP contribution is 2.29. The van der Waals surface area contributed by atoms with E-state index in [1.54, 1.807) is 12.4 Å². The summed E-state index contributed by atoms with van der Waals surface area (Å²) in [6.45, 7) is 3.62. The van der Waals surface area contributed by atoms with Gasteiger partial charge in [0.25, 0.3) is 5.91 Å². The second-order valence-electron chi connectivity index (χ2n) is 8.85. The molecule has 4 heterocycles. The fourth-order valence-electron chi connectivity index (χ4n) is 4.01. The Bertz CT molecular complexity index is 1460. The van der Waals surface area contributed by atoms with Crippen LogP contribution in [0.3, 0.4) is 0 Å². The molecule has 0 aliphatic carbocycles. The lowest BCUT2D eigenvalue weighted by molar-refractivity contribution is -0.137. The number of likely N-dealkylation sites (N-methyl/N-ethyl adjacent to an activating group) is 1. The number of nitrogens with zero attached hydrogens (tertiary/aromatic N) is 7. The molecule has 1 N–H and O–H groups in total. The number of hydrogen-bond donors (Lipinski definition) is 1. The number of nitrogens with one attached hydrogen (secondary N) is 1. The second kappa shape index (κ2) is 10.2. The number of carbonyl (C=O) groups is 1. The number of anilines is 2. The normalized spacial score (nSPS) is 14.5. The molecule has 1 saturated heterocycles. The highest BCUT2D eigenvalue weighted by molar-refractivity contribution is 6.04. The summed E-state index contributed by atoms with van der Waals surface area (Å²) < 4.78 is 54.8. The molecular formula is C25H22F4N8O. The molecule has 0 atom stereocenters. The van der Waals surface area contributed by atoms with Gasteiger partial charge in [-0.05, 0) is 37.4 Å². The third-order valence-corrected chi connectivity index (χ3v) is 6.16. The van der Waals surface area contributed by atoms with Gasteiger partial charge in [-0.25, -0.2) is 9.07 Å². The molecular weight excluding hydrogens is 504 g/mol. The number of halogens is 4. The van der Waals surface area contributed by atoms with Gasteiger partial charge in [0.1, 0.15) is 17.2 Å². The number of hydrogen-bond acceptors (Lipinski definition) is 7. The van der Waals surface area contributed by atoms with E-state index in [4.69, 9.17) is 0 Å². The lowest BCUT2D eigenvalue weighted by Crippen LogP contribution is -2.44. The molecule has 0 radical (unpaired) electrons. The molecule has 38 heavy (non-hydrogen) atoms. The predicted octanol–water partition coefficient (Wildman–Crippen LogP) is 3.89. The first kappa shape index (κ1) is 25.3. The van der Waals surface area contributed by atoms with Gasteiger partial charge in [-0.3, -0.25) is 14.8 Å². The summed E-state index contributed by atoms with van der Waals surface area (Å²) in [4.78, 5) is 24.8. The number of benzene rings is 1. The molecule has 1 aromatic carbocycles. The Morgan fingerprint density at radius 1 is 0.974 bits per heavy atom. The Labute approximate surface area is 214 Å². The lowest BCUT2D eigenvalue weighted by Gasteiger charge is -2.33. The molecule has 1 aliphatic heterocycles. The van der Waals surface area contributed by atoms with Crippen LogP contribution in [0.25, 0.3) is 16.9 Å². The second-order valence-corrected chi connectivity index (χ2v) is 8.85. The van der Waals surface area contributed by atoms with Gasteiger partial charge in [0.15, 0.2) is 0 Å². The van der Waals surface area contributed by atoms with Gasteiger partial charge < -0.3 is 15.1 Å². The van der Waals surface area contributed by atoms with Crippen LogP contribution in [0.1, 0.15) is 15.9 Å². The molecule has 1 amide bonds. The Balaban J connectivity index is 1.36. The average Bonchev–Trinajstić information content (AvgIpc) is 3.40. The molecule has 3 aromatic heterocycles. The molecule has 13 heteroatoms. The van der Waals surface area contributed by atoms with E-state index >= 15 is 0 Å². The first-order valence-electron chi connectivity index (χ1n) is 11.6. The van der Waals surface area contributed by atoms with Crippen molar-refractivity contribution in [3.05, 3.63) is 78.3 Å². The Morgan fingerprint density at radius 3 is 2.50 bits per heavy atom. The highest BCUT2D eigenvalue weighted by Gasteiger charge is 2.31. The first-order valence-corrected chi connectivity index (χ1v) is 11.6. The maximum Gasteiger partial charge on any atom is 0.417 e. The van der Waals surface area contributed by atoms with Crippen molar-refractivity contribution in [1.29, 1.82) is 0 Å². The van der Waals surface area contributed by atoms with Crippen molar-refractivity contribution in [2.24, 2.45) is 0 Å². The number of aromatic nitrogens is 5. The van der Waals surface area contributed by atoms with Crippen molar-refractivity contribution in [2.45, 2.75) is 6.18 Å². The molecule has 9 nitrogen and oxygen atoms in total. The summed E-state index contributed by atoms with van der Waals surface area (Å²) in [7, 11) is 2.08. The molecule has 5 rings (SSSR count). The summed E-state index contributed by atoms with van der Waals surface area (Å²) in [6.07, 6.45) is 1.96. The van der Waals surface area contributed by atoms with E-state index in [0.29, 0.717) is 23.5 Å². The summed E-state index contributed by atoms with van der Waals surface area (Å²) in [5, 5.41) is 10.6. The number of piperazine rings is 1. The quantitative estimate of drug-likeness (QED) is 0.395. The van der Waals surface area contributed by atoms with E-state index in [2.05, 4.69) is 42.4 Å². The van der Waals surface area contributed by atoms with E-state index in [9.17, 15) is 22.4 Å². The minimum Gasteiger partial charge on any atom is -0.368 e. The zero-order chi connectivity index (χ0) is 26.9. The molecule has 196 valence electrons. The molecule has 0 saturated carbocycles. The average molecular weight is 526 g/mol. The summed E-state index contributed by atoms with van der Waals surface area (Å²) in [6, 6.07) is 6.36. The van der Waals surface area contributed by atoms with Gasteiger partial charge in [0.2, 0.25) is 0 Å². The Kier molecular flexibility index (Phi) is 6.76. The maximum atomic E-state index is 14.7. The van der Waals surface area contributed by atoms with Crippen LogP contribution < -0.4 is 10.2 Å². The lowest BCUT2D eigenvalue weighted by atomic mass is 10.2. The molecule has 4 aromatic rings. The molecule has 1 aliphatic rings. The molecule has 0 unspecified atom stereocenters. The predicted molar refractivity (Wildman–Crippen MR) is 131 cm³/mol. The van der Waals surface area contributed by atoms with Gasteiger partial charge in [-0.2, -0.15) is 13.2 Å². The van der Waals surface area contributed by atoms with Crippen LogP contribution in [0, 0.1) is 5.82 Å². The minimum absolute atomic E-state index is 0.00750. The zero-order valence-electron chi connectivity index (χ0n) is 20.2. The number of amides is 1. The number of carbonyl (C=O) groups excluding carboxylic acids is 1. The topological polar surface area (TPSA) is 92.1 Å². The third-order valence-electron chi connectivity index (χ3n) is 6.16. The van der Waals surface area contributed by atoms with Gasteiger partial charge in [0.05, 0.1) is 29.2 Å². The van der Waals surface area contributed by atoms with E-state index in [-0.39, 0.29) is 16.9 Å². The van der Waals surface area contributed by atoms with Gasteiger partial charge in [0, 0.05) is 56.0 Å². The molecule has 0 spiro atoms. The fourth-order valence-corrected chi connectivity index (χ4v) is 4.01. The largest absolute Gasteiger partial charge is 0.417 e. The summed E-state index contributed by atoms with van der Waals surface area (Å²) in [5.74, 6) is -1.46. The van der Waals surface area contributed by atoms with Crippen molar-refractivity contribution in [1.82, 2.24) is 29.9 Å².